The van der Waals surface area contributed by atoms with E-state index in [1.807, 2.05) is 18.2 Å². The van der Waals surface area contributed by atoms with Crippen molar-refractivity contribution >= 4 is 35.2 Å². The molecule has 0 aliphatic carbocycles. The van der Waals surface area contributed by atoms with Crippen LogP contribution in [0.15, 0.2) is 47.4 Å². The van der Waals surface area contributed by atoms with E-state index in [9.17, 15) is 14.4 Å². The quantitative estimate of drug-likeness (QED) is 0.661. The van der Waals surface area contributed by atoms with E-state index in [4.69, 9.17) is 0 Å². The number of carbonyl (C=O) groups excluding carboxylic acids is 3. The minimum absolute atomic E-state index is 0.212. The average Bonchev–Trinajstić information content (AvgIpc) is 2.82. The van der Waals surface area contributed by atoms with Crippen LogP contribution >= 0.6 is 11.8 Å². The van der Waals surface area contributed by atoms with Crippen LogP contribution < -0.4 is 10.6 Å². The second-order valence-corrected chi connectivity index (χ2v) is 7.31. The molecule has 0 atom stereocenters. The highest BCUT2D eigenvalue weighted by atomic mass is 32.2. The predicted octanol–water partition coefficient (Wildman–Crippen LogP) is 3.32. The zero-order valence-electron chi connectivity index (χ0n) is 13.3. The molecule has 0 bridgehead atoms. The average molecular weight is 340 g/mol. The summed E-state index contributed by atoms with van der Waals surface area (Å²) in [6, 6.07) is 12.1. The molecule has 2 aromatic carbocycles. The Bertz CT molecular complexity index is 846. The highest BCUT2D eigenvalue weighted by Gasteiger charge is 2.29. The van der Waals surface area contributed by atoms with Crippen LogP contribution in [0.25, 0.3) is 0 Å². The molecular formula is C18H16N2O3S. The SMILES string of the molecule is CC(C)Sc1cccc(C(=O)Nc2cccc3c2C(=O)NC3=O)c1. The van der Waals surface area contributed by atoms with Gasteiger partial charge in [0.25, 0.3) is 17.7 Å². The molecule has 1 aliphatic heterocycles. The lowest BCUT2D eigenvalue weighted by Crippen LogP contribution is -2.20. The molecule has 2 N–H and O–H groups in total. The van der Waals surface area contributed by atoms with Gasteiger partial charge in [0.15, 0.2) is 0 Å². The first-order valence-electron chi connectivity index (χ1n) is 7.52. The van der Waals surface area contributed by atoms with Crippen LogP contribution in [-0.4, -0.2) is 23.0 Å². The van der Waals surface area contributed by atoms with Gasteiger partial charge in [-0.2, -0.15) is 0 Å². The summed E-state index contributed by atoms with van der Waals surface area (Å²) in [4.78, 5) is 37.1. The number of benzene rings is 2. The Balaban J connectivity index is 1.87. The Hall–Kier alpha value is -2.60. The number of anilines is 1. The van der Waals surface area contributed by atoms with E-state index in [1.54, 1.807) is 36.0 Å². The van der Waals surface area contributed by atoms with Crippen LogP contribution in [-0.2, 0) is 0 Å². The molecule has 0 aromatic heterocycles. The summed E-state index contributed by atoms with van der Waals surface area (Å²) >= 11 is 1.67. The molecule has 1 aliphatic rings. The van der Waals surface area contributed by atoms with Gasteiger partial charge in [0, 0.05) is 15.7 Å². The van der Waals surface area contributed by atoms with Crippen LogP contribution in [0.3, 0.4) is 0 Å². The van der Waals surface area contributed by atoms with E-state index >= 15 is 0 Å². The molecule has 24 heavy (non-hydrogen) atoms. The fourth-order valence-corrected chi connectivity index (χ4v) is 3.40. The molecule has 0 unspecified atom stereocenters. The van der Waals surface area contributed by atoms with Gasteiger partial charge in [-0.25, -0.2) is 0 Å². The third kappa shape index (κ3) is 3.19. The topological polar surface area (TPSA) is 75.3 Å². The number of imide groups is 1. The van der Waals surface area contributed by atoms with Gasteiger partial charge < -0.3 is 5.32 Å². The fraction of sp³-hybridized carbons (Fsp3) is 0.167. The second kappa shape index (κ2) is 6.49. The van der Waals surface area contributed by atoms with Crippen molar-refractivity contribution in [2.75, 3.05) is 5.32 Å². The van der Waals surface area contributed by atoms with E-state index in [0.717, 1.165) is 4.90 Å². The van der Waals surface area contributed by atoms with Gasteiger partial charge in [-0.15, -0.1) is 11.8 Å². The first-order valence-corrected chi connectivity index (χ1v) is 8.40. The summed E-state index contributed by atoms with van der Waals surface area (Å²) in [5.74, 6) is -1.25. The molecule has 0 saturated carbocycles. The lowest BCUT2D eigenvalue weighted by molar-refractivity contribution is 0.0879. The first kappa shape index (κ1) is 16.3. The van der Waals surface area contributed by atoms with Crippen molar-refractivity contribution in [3.8, 4) is 0 Å². The van der Waals surface area contributed by atoms with Gasteiger partial charge in [-0.3, -0.25) is 19.7 Å². The minimum Gasteiger partial charge on any atom is -0.321 e. The molecule has 3 amide bonds. The number of carbonyl (C=O) groups is 3. The Morgan fingerprint density at radius 1 is 1.08 bits per heavy atom. The first-order chi connectivity index (χ1) is 11.5. The maximum Gasteiger partial charge on any atom is 0.261 e. The number of amides is 3. The van der Waals surface area contributed by atoms with Crippen molar-refractivity contribution < 1.29 is 14.4 Å². The summed E-state index contributed by atoms with van der Waals surface area (Å²) in [7, 11) is 0. The van der Waals surface area contributed by atoms with E-state index in [0.29, 0.717) is 16.5 Å². The third-order valence-electron chi connectivity index (χ3n) is 3.48. The van der Waals surface area contributed by atoms with E-state index < -0.39 is 11.8 Å². The van der Waals surface area contributed by atoms with Crippen LogP contribution in [0, 0.1) is 0 Å². The maximum absolute atomic E-state index is 12.5. The van der Waals surface area contributed by atoms with Gasteiger partial charge in [0.1, 0.15) is 0 Å². The second-order valence-electron chi connectivity index (χ2n) is 5.66. The smallest absolute Gasteiger partial charge is 0.261 e. The largest absolute Gasteiger partial charge is 0.321 e. The van der Waals surface area contributed by atoms with Crippen molar-refractivity contribution in [1.82, 2.24) is 5.32 Å². The molecule has 1 heterocycles. The van der Waals surface area contributed by atoms with Crippen molar-refractivity contribution in [3.05, 3.63) is 59.2 Å². The van der Waals surface area contributed by atoms with Crippen molar-refractivity contribution in [1.29, 1.82) is 0 Å². The van der Waals surface area contributed by atoms with E-state index in [2.05, 4.69) is 24.5 Å². The zero-order chi connectivity index (χ0) is 17.3. The van der Waals surface area contributed by atoms with Gasteiger partial charge in [0.2, 0.25) is 0 Å². The third-order valence-corrected chi connectivity index (χ3v) is 4.48. The van der Waals surface area contributed by atoms with Gasteiger partial charge >= 0.3 is 0 Å². The number of hydrogen-bond acceptors (Lipinski definition) is 4. The normalized spacial score (nSPS) is 13.0. The molecule has 6 heteroatoms. The minimum atomic E-state index is -0.491. The molecule has 0 saturated heterocycles. The highest BCUT2D eigenvalue weighted by molar-refractivity contribution is 7.99. The molecule has 2 aromatic rings. The number of rotatable bonds is 4. The Morgan fingerprint density at radius 2 is 1.83 bits per heavy atom. The summed E-state index contributed by atoms with van der Waals surface area (Å²) < 4.78 is 0. The van der Waals surface area contributed by atoms with Crippen molar-refractivity contribution in [2.45, 2.75) is 24.0 Å². The van der Waals surface area contributed by atoms with Crippen LogP contribution in [0.5, 0.6) is 0 Å². The summed E-state index contributed by atoms with van der Waals surface area (Å²) in [6.07, 6.45) is 0. The molecule has 0 spiro atoms. The fourth-order valence-electron chi connectivity index (χ4n) is 2.50. The van der Waals surface area contributed by atoms with E-state index in [1.165, 1.54) is 0 Å². The lowest BCUT2D eigenvalue weighted by atomic mass is 10.1. The Kier molecular flexibility index (Phi) is 4.40. The molecule has 122 valence electrons. The molecular weight excluding hydrogens is 324 g/mol. The standard InChI is InChI=1S/C18H16N2O3S/c1-10(2)24-12-6-3-5-11(9-12)16(21)19-14-8-4-7-13-15(14)18(23)20-17(13)22/h3-10H,1-2H3,(H,19,21)(H,20,22,23). The van der Waals surface area contributed by atoms with Crippen LogP contribution in [0.4, 0.5) is 5.69 Å². The lowest BCUT2D eigenvalue weighted by Gasteiger charge is -2.10. The van der Waals surface area contributed by atoms with Crippen molar-refractivity contribution in [3.63, 3.8) is 0 Å². The number of fused-ring (bicyclic) bond motifs is 1. The predicted molar refractivity (Wildman–Crippen MR) is 93.6 cm³/mol. The molecule has 0 radical (unpaired) electrons. The van der Waals surface area contributed by atoms with Gasteiger partial charge in [-0.1, -0.05) is 26.0 Å². The number of thioether (sulfide) groups is 1. The summed E-state index contributed by atoms with van der Waals surface area (Å²) in [6.45, 7) is 4.17. The molecule has 0 fully saturated rings. The Labute approximate surface area is 143 Å². The zero-order valence-corrected chi connectivity index (χ0v) is 14.1. The summed E-state index contributed by atoms with van der Waals surface area (Å²) in [5, 5.41) is 5.38. The van der Waals surface area contributed by atoms with Gasteiger partial charge in [0.05, 0.1) is 16.8 Å². The van der Waals surface area contributed by atoms with Crippen LogP contribution in [0.2, 0.25) is 0 Å². The molecule has 3 rings (SSSR count). The monoisotopic (exact) mass is 340 g/mol. The Morgan fingerprint density at radius 3 is 2.58 bits per heavy atom. The van der Waals surface area contributed by atoms with Crippen LogP contribution in [0.1, 0.15) is 44.9 Å². The maximum atomic E-state index is 12.5. The van der Waals surface area contributed by atoms with Gasteiger partial charge in [-0.05, 0) is 30.3 Å². The van der Waals surface area contributed by atoms with Crippen molar-refractivity contribution in [2.24, 2.45) is 0 Å². The van der Waals surface area contributed by atoms with E-state index in [-0.39, 0.29) is 17.0 Å². The summed E-state index contributed by atoms with van der Waals surface area (Å²) in [5.41, 5.74) is 1.33. The highest BCUT2D eigenvalue weighted by Crippen LogP contribution is 2.26. The number of hydrogen-bond donors (Lipinski definition) is 2. The number of nitrogens with one attached hydrogen (secondary N) is 2. The molecule has 5 nitrogen and oxygen atoms in total.